The molecule has 0 radical (unpaired) electrons. The van der Waals surface area contributed by atoms with Gasteiger partial charge >= 0.3 is 0 Å². The molecule has 8 nitrogen and oxygen atoms in total. The van der Waals surface area contributed by atoms with Gasteiger partial charge in [0.2, 0.25) is 0 Å². The van der Waals surface area contributed by atoms with Crippen molar-refractivity contribution < 1.29 is 14.6 Å². The van der Waals surface area contributed by atoms with E-state index >= 15 is 0 Å². The number of nitrogens with zero attached hydrogens (tertiary/aromatic N) is 4. The number of carbonyl (C=O) groups is 1. The Morgan fingerprint density at radius 1 is 1.39 bits per heavy atom. The number of likely N-dealkylation sites (tertiary alicyclic amines) is 1. The zero-order valence-electron chi connectivity index (χ0n) is 16.4. The standard InChI is InChI=1S/C20H29N5O3/c1-2-28-19-9-4-3-7-16(19)13-24-11-5-8-17(14-24)25-15-18(22-23-25)20(27)21-10-6-12-26/h3-4,7,9,15,17,26H,2,5-6,8,10-14H2,1H3,(H,21,27)/t17-/m1/s1. The van der Waals surface area contributed by atoms with Gasteiger partial charge in [0, 0.05) is 31.8 Å². The van der Waals surface area contributed by atoms with Crippen molar-refractivity contribution in [2.45, 2.75) is 38.8 Å². The van der Waals surface area contributed by atoms with Crippen LogP contribution < -0.4 is 10.1 Å². The highest BCUT2D eigenvalue weighted by atomic mass is 16.5. The predicted molar refractivity (Wildman–Crippen MR) is 105 cm³/mol. The number of hydrogen-bond donors (Lipinski definition) is 2. The maximum atomic E-state index is 12.1. The highest BCUT2D eigenvalue weighted by Crippen LogP contribution is 2.25. The minimum atomic E-state index is -0.252. The second kappa shape index (κ2) is 10.2. The lowest BCUT2D eigenvalue weighted by atomic mass is 10.0. The summed E-state index contributed by atoms with van der Waals surface area (Å²) in [6.45, 7) is 5.85. The summed E-state index contributed by atoms with van der Waals surface area (Å²) in [6.07, 6.45) is 4.33. The molecule has 1 atom stereocenters. The molecule has 152 valence electrons. The lowest BCUT2D eigenvalue weighted by Gasteiger charge is -2.32. The van der Waals surface area contributed by atoms with Crippen LogP contribution in [0.25, 0.3) is 0 Å². The Labute approximate surface area is 165 Å². The third-order valence-electron chi connectivity index (χ3n) is 4.88. The minimum absolute atomic E-state index is 0.0529. The summed E-state index contributed by atoms with van der Waals surface area (Å²) < 4.78 is 7.55. The van der Waals surface area contributed by atoms with E-state index in [-0.39, 0.29) is 18.6 Å². The molecule has 0 saturated carbocycles. The third-order valence-corrected chi connectivity index (χ3v) is 4.88. The summed E-state index contributed by atoms with van der Waals surface area (Å²) in [5.41, 5.74) is 1.50. The Balaban J connectivity index is 1.60. The largest absolute Gasteiger partial charge is 0.494 e. The fourth-order valence-corrected chi connectivity index (χ4v) is 3.49. The smallest absolute Gasteiger partial charge is 0.273 e. The van der Waals surface area contributed by atoms with E-state index in [1.165, 1.54) is 5.56 Å². The molecule has 1 fully saturated rings. The van der Waals surface area contributed by atoms with Crippen LogP contribution in [0.4, 0.5) is 0 Å². The van der Waals surface area contributed by atoms with Gasteiger partial charge in [0.05, 0.1) is 18.8 Å². The summed E-state index contributed by atoms with van der Waals surface area (Å²) in [5, 5.41) is 19.7. The Morgan fingerprint density at radius 2 is 2.25 bits per heavy atom. The first kappa shape index (κ1) is 20.3. The highest BCUT2D eigenvalue weighted by molar-refractivity contribution is 5.91. The van der Waals surface area contributed by atoms with Gasteiger partial charge in [-0.15, -0.1) is 5.10 Å². The summed E-state index contributed by atoms with van der Waals surface area (Å²) >= 11 is 0. The van der Waals surface area contributed by atoms with Crippen LogP contribution in [0.2, 0.25) is 0 Å². The van der Waals surface area contributed by atoms with Gasteiger partial charge in [0.25, 0.3) is 5.91 Å². The fraction of sp³-hybridized carbons (Fsp3) is 0.550. The van der Waals surface area contributed by atoms with Crippen molar-refractivity contribution in [3.63, 3.8) is 0 Å². The van der Waals surface area contributed by atoms with Crippen LogP contribution in [0.5, 0.6) is 5.75 Å². The molecule has 2 heterocycles. The van der Waals surface area contributed by atoms with Crippen LogP contribution in [0.3, 0.4) is 0 Å². The first-order valence-corrected chi connectivity index (χ1v) is 9.95. The van der Waals surface area contributed by atoms with Crippen molar-refractivity contribution in [2.75, 3.05) is 32.8 Å². The van der Waals surface area contributed by atoms with E-state index < -0.39 is 0 Å². The fourth-order valence-electron chi connectivity index (χ4n) is 3.49. The van der Waals surface area contributed by atoms with Gasteiger partial charge in [-0.05, 0) is 38.8 Å². The molecule has 1 aromatic heterocycles. The number of carbonyl (C=O) groups excluding carboxylic acids is 1. The Kier molecular flexibility index (Phi) is 7.39. The molecule has 1 aliphatic heterocycles. The molecule has 3 rings (SSSR count). The van der Waals surface area contributed by atoms with Crippen LogP contribution in [-0.2, 0) is 6.54 Å². The molecule has 8 heteroatoms. The van der Waals surface area contributed by atoms with Crippen LogP contribution in [0.1, 0.15) is 48.3 Å². The van der Waals surface area contributed by atoms with Crippen molar-refractivity contribution in [2.24, 2.45) is 0 Å². The van der Waals surface area contributed by atoms with Gasteiger partial charge in [0.15, 0.2) is 5.69 Å². The molecule has 1 aromatic carbocycles. The number of aliphatic hydroxyl groups is 1. The zero-order chi connectivity index (χ0) is 19.8. The van der Waals surface area contributed by atoms with E-state index in [1.807, 2.05) is 29.8 Å². The van der Waals surface area contributed by atoms with E-state index in [2.05, 4.69) is 26.6 Å². The van der Waals surface area contributed by atoms with Gasteiger partial charge in [-0.25, -0.2) is 4.68 Å². The van der Waals surface area contributed by atoms with Crippen molar-refractivity contribution in [3.05, 3.63) is 41.7 Å². The summed E-state index contributed by atoms with van der Waals surface area (Å²) in [5.74, 6) is 0.688. The quantitative estimate of drug-likeness (QED) is 0.636. The molecular weight excluding hydrogens is 358 g/mol. The number of nitrogens with one attached hydrogen (secondary N) is 1. The molecule has 0 spiro atoms. The first-order valence-electron chi connectivity index (χ1n) is 9.95. The van der Waals surface area contributed by atoms with E-state index in [0.717, 1.165) is 38.2 Å². The topological polar surface area (TPSA) is 92.5 Å². The van der Waals surface area contributed by atoms with Crippen LogP contribution in [0, 0.1) is 0 Å². The summed E-state index contributed by atoms with van der Waals surface area (Å²) in [7, 11) is 0. The van der Waals surface area contributed by atoms with Crippen molar-refractivity contribution >= 4 is 5.91 Å². The number of rotatable bonds is 9. The molecule has 2 aromatic rings. The molecule has 2 N–H and O–H groups in total. The average molecular weight is 387 g/mol. The lowest BCUT2D eigenvalue weighted by molar-refractivity contribution is 0.0946. The number of hydrogen-bond acceptors (Lipinski definition) is 6. The van der Waals surface area contributed by atoms with E-state index in [4.69, 9.17) is 9.84 Å². The SMILES string of the molecule is CCOc1ccccc1CN1CCC[C@@H](n2cc(C(=O)NCCCO)nn2)C1. The van der Waals surface area contributed by atoms with Crippen molar-refractivity contribution in [3.8, 4) is 5.75 Å². The molecule has 0 unspecified atom stereocenters. The monoisotopic (exact) mass is 387 g/mol. The number of benzene rings is 1. The normalized spacial score (nSPS) is 17.4. The number of aromatic nitrogens is 3. The number of ether oxygens (including phenoxy) is 1. The molecule has 0 bridgehead atoms. The molecule has 28 heavy (non-hydrogen) atoms. The predicted octanol–water partition coefficient (Wildman–Crippen LogP) is 1.63. The first-order chi connectivity index (χ1) is 13.7. The van der Waals surface area contributed by atoms with Gasteiger partial charge in [-0.3, -0.25) is 9.69 Å². The maximum absolute atomic E-state index is 12.1. The second-order valence-corrected chi connectivity index (χ2v) is 6.99. The van der Waals surface area contributed by atoms with Gasteiger partial charge in [0.1, 0.15) is 5.75 Å². The van der Waals surface area contributed by atoms with Crippen LogP contribution in [0.15, 0.2) is 30.5 Å². The van der Waals surface area contributed by atoms with E-state index in [9.17, 15) is 4.79 Å². The van der Waals surface area contributed by atoms with Crippen LogP contribution >= 0.6 is 0 Å². The Hall–Kier alpha value is -2.45. The molecule has 1 aliphatic rings. The lowest BCUT2D eigenvalue weighted by Crippen LogP contribution is -2.36. The van der Waals surface area contributed by atoms with Gasteiger partial charge < -0.3 is 15.2 Å². The molecule has 0 aliphatic carbocycles. The Morgan fingerprint density at radius 3 is 3.07 bits per heavy atom. The highest BCUT2D eigenvalue weighted by Gasteiger charge is 2.24. The third kappa shape index (κ3) is 5.30. The number of amides is 1. The summed E-state index contributed by atoms with van der Waals surface area (Å²) in [6, 6.07) is 8.35. The van der Waals surface area contributed by atoms with Crippen LogP contribution in [-0.4, -0.2) is 63.8 Å². The van der Waals surface area contributed by atoms with Crippen molar-refractivity contribution in [1.29, 1.82) is 0 Å². The van der Waals surface area contributed by atoms with E-state index in [1.54, 1.807) is 6.20 Å². The average Bonchev–Trinajstić information content (AvgIpc) is 3.20. The zero-order valence-corrected chi connectivity index (χ0v) is 16.4. The molecule has 1 amide bonds. The Bertz CT molecular complexity index is 764. The number of aliphatic hydroxyl groups excluding tert-OH is 1. The van der Waals surface area contributed by atoms with E-state index in [0.29, 0.717) is 25.3 Å². The summed E-state index contributed by atoms with van der Waals surface area (Å²) in [4.78, 5) is 14.5. The number of piperidine rings is 1. The maximum Gasteiger partial charge on any atom is 0.273 e. The minimum Gasteiger partial charge on any atom is -0.494 e. The second-order valence-electron chi connectivity index (χ2n) is 6.99. The molecule has 1 saturated heterocycles. The van der Waals surface area contributed by atoms with Gasteiger partial charge in [-0.1, -0.05) is 23.4 Å². The number of para-hydroxylation sites is 1. The van der Waals surface area contributed by atoms with Crippen molar-refractivity contribution in [1.82, 2.24) is 25.2 Å². The van der Waals surface area contributed by atoms with Gasteiger partial charge in [-0.2, -0.15) is 0 Å². The molecular formula is C20H29N5O3.